The van der Waals surface area contributed by atoms with Crippen molar-refractivity contribution in [1.82, 2.24) is 15.0 Å². The van der Waals surface area contributed by atoms with Crippen LogP contribution in [0.5, 0.6) is 11.6 Å². The van der Waals surface area contributed by atoms with Crippen molar-refractivity contribution in [3.63, 3.8) is 0 Å². The van der Waals surface area contributed by atoms with Crippen LogP contribution < -0.4 is 4.74 Å². The van der Waals surface area contributed by atoms with Crippen LogP contribution in [-0.4, -0.2) is 19.9 Å². The summed E-state index contributed by atoms with van der Waals surface area (Å²) in [4.78, 5) is 22.5. The van der Waals surface area contributed by atoms with E-state index in [9.17, 15) is 10.1 Å². The van der Waals surface area contributed by atoms with E-state index >= 15 is 0 Å². The van der Waals surface area contributed by atoms with Gasteiger partial charge in [-0.2, -0.15) is 0 Å². The van der Waals surface area contributed by atoms with Gasteiger partial charge in [-0.05, 0) is 34.1 Å². The number of rotatable bonds is 3. The molecule has 0 N–H and O–H groups in total. The minimum Gasteiger partial charge on any atom is -0.438 e. The Hall–Kier alpha value is -2.61. The molecule has 2 heterocycles. The Morgan fingerprint density at radius 1 is 1.19 bits per heavy atom. The number of hydrogen-bond acceptors (Lipinski definition) is 6. The first-order valence-corrected chi connectivity index (χ1v) is 6.62. The fraction of sp³-hybridized carbons (Fsp3) is 0. The summed E-state index contributed by atoms with van der Waals surface area (Å²) in [5.74, 6) is 0.769. The number of hydrogen-bond donors (Lipinski definition) is 0. The molecule has 0 fully saturated rings. The van der Waals surface area contributed by atoms with Gasteiger partial charge in [0.05, 0.1) is 10.3 Å². The average Bonchev–Trinajstić information content (AvgIpc) is 2.47. The van der Waals surface area contributed by atoms with Gasteiger partial charge in [0.25, 0.3) is 5.69 Å². The molecule has 7 nitrogen and oxygen atoms in total. The molecule has 0 atom stereocenters. The molecule has 0 spiro atoms. The van der Waals surface area contributed by atoms with E-state index in [-0.39, 0.29) is 11.2 Å². The molecule has 0 saturated heterocycles. The van der Waals surface area contributed by atoms with Gasteiger partial charge < -0.3 is 4.74 Å². The number of nitro groups is 1. The van der Waals surface area contributed by atoms with E-state index in [0.29, 0.717) is 21.6 Å². The van der Waals surface area contributed by atoms with Gasteiger partial charge >= 0.3 is 0 Å². The highest BCUT2D eigenvalue weighted by molar-refractivity contribution is 9.10. The number of ether oxygens (including phenoxy) is 1. The highest BCUT2D eigenvalue weighted by Gasteiger charge is 2.16. The fourth-order valence-corrected chi connectivity index (χ4v) is 2.14. The summed E-state index contributed by atoms with van der Waals surface area (Å²) in [7, 11) is 0. The van der Waals surface area contributed by atoms with E-state index in [2.05, 4.69) is 30.9 Å². The number of benzene rings is 1. The van der Waals surface area contributed by atoms with E-state index < -0.39 is 4.92 Å². The van der Waals surface area contributed by atoms with E-state index in [1.54, 1.807) is 18.2 Å². The average molecular weight is 347 g/mol. The maximum atomic E-state index is 11.0. The third-order valence-electron chi connectivity index (χ3n) is 2.73. The van der Waals surface area contributed by atoms with Gasteiger partial charge in [-0.25, -0.2) is 15.0 Å². The number of aromatic nitrogens is 3. The zero-order valence-corrected chi connectivity index (χ0v) is 12.0. The lowest BCUT2D eigenvalue weighted by atomic mass is 10.1. The fourth-order valence-electron chi connectivity index (χ4n) is 1.85. The molecule has 0 saturated carbocycles. The van der Waals surface area contributed by atoms with E-state index in [1.165, 1.54) is 24.7 Å². The van der Waals surface area contributed by atoms with Crippen LogP contribution in [0.4, 0.5) is 5.69 Å². The smallest absolute Gasteiger partial charge is 0.295 e. The van der Waals surface area contributed by atoms with Crippen LogP contribution in [0.15, 0.2) is 47.5 Å². The zero-order chi connectivity index (χ0) is 14.8. The Bertz CT molecular complexity index is 841. The van der Waals surface area contributed by atoms with Crippen LogP contribution in [0.3, 0.4) is 0 Å². The van der Waals surface area contributed by atoms with Crippen molar-refractivity contribution in [1.29, 1.82) is 0 Å². The van der Waals surface area contributed by atoms with Gasteiger partial charge in [0, 0.05) is 18.3 Å². The van der Waals surface area contributed by atoms with E-state index in [0.717, 1.165) is 0 Å². The molecule has 0 bridgehead atoms. The molecule has 0 radical (unpaired) electrons. The van der Waals surface area contributed by atoms with E-state index in [4.69, 9.17) is 4.74 Å². The summed E-state index contributed by atoms with van der Waals surface area (Å²) in [5.41, 5.74) is 0.204. The summed E-state index contributed by atoms with van der Waals surface area (Å²) >= 11 is 3.22. The number of nitrogens with zero attached hydrogens (tertiary/aromatic N) is 4. The first-order valence-electron chi connectivity index (χ1n) is 5.82. The Morgan fingerprint density at radius 2 is 2.05 bits per heavy atom. The van der Waals surface area contributed by atoms with Crippen molar-refractivity contribution in [2.24, 2.45) is 0 Å². The van der Waals surface area contributed by atoms with Crippen LogP contribution >= 0.6 is 15.9 Å². The Balaban J connectivity index is 2.12. The van der Waals surface area contributed by atoms with Gasteiger partial charge in [-0.1, -0.05) is 0 Å². The summed E-state index contributed by atoms with van der Waals surface area (Å²) in [5, 5.41) is 11.6. The number of halogens is 1. The second-order valence-electron chi connectivity index (χ2n) is 4.02. The molecule has 104 valence electrons. The molecule has 0 aliphatic carbocycles. The van der Waals surface area contributed by atoms with Gasteiger partial charge in [-0.3, -0.25) is 10.1 Å². The quantitative estimate of drug-likeness (QED) is 0.409. The van der Waals surface area contributed by atoms with Gasteiger partial charge in [-0.15, -0.1) is 0 Å². The minimum atomic E-state index is -0.472. The number of non-ortho nitro benzene ring substituents is 1. The molecular weight excluding hydrogens is 340 g/mol. The van der Waals surface area contributed by atoms with Crippen molar-refractivity contribution < 1.29 is 9.66 Å². The molecule has 2 aromatic heterocycles. The van der Waals surface area contributed by atoms with Crippen LogP contribution in [0.1, 0.15) is 0 Å². The van der Waals surface area contributed by atoms with Crippen LogP contribution in [-0.2, 0) is 0 Å². The van der Waals surface area contributed by atoms with Gasteiger partial charge in [0.1, 0.15) is 16.7 Å². The van der Waals surface area contributed by atoms with Gasteiger partial charge in [0.15, 0.2) is 5.52 Å². The van der Waals surface area contributed by atoms with Gasteiger partial charge in [0.2, 0.25) is 5.88 Å². The normalized spacial score (nSPS) is 10.5. The van der Waals surface area contributed by atoms with Crippen LogP contribution in [0.25, 0.3) is 10.9 Å². The summed E-state index contributed by atoms with van der Waals surface area (Å²) in [6.07, 6.45) is 2.85. The number of nitro benzene ring substituents is 1. The molecule has 8 heteroatoms. The molecule has 0 aliphatic heterocycles. The third-order valence-corrected chi connectivity index (χ3v) is 3.16. The number of fused-ring (bicyclic) bond motifs is 1. The predicted octanol–water partition coefficient (Wildman–Crippen LogP) is 3.49. The van der Waals surface area contributed by atoms with E-state index in [1.807, 2.05) is 0 Å². The lowest BCUT2D eigenvalue weighted by Gasteiger charge is -2.07. The monoisotopic (exact) mass is 346 g/mol. The maximum absolute atomic E-state index is 11.0. The minimum absolute atomic E-state index is 0.0678. The predicted molar refractivity (Wildman–Crippen MR) is 78.2 cm³/mol. The first-order chi connectivity index (χ1) is 10.1. The van der Waals surface area contributed by atoms with Crippen molar-refractivity contribution in [2.75, 3.05) is 0 Å². The van der Waals surface area contributed by atoms with Crippen LogP contribution in [0, 0.1) is 10.1 Å². The molecule has 0 amide bonds. The zero-order valence-electron chi connectivity index (χ0n) is 10.4. The summed E-state index contributed by atoms with van der Waals surface area (Å²) < 4.78 is 6.24. The summed E-state index contributed by atoms with van der Waals surface area (Å²) in [6.45, 7) is 0. The Kier molecular flexibility index (Phi) is 3.44. The van der Waals surface area contributed by atoms with Crippen molar-refractivity contribution >= 4 is 32.5 Å². The van der Waals surface area contributed by atoms with Crippen molar-refractivity contribution in [3.8, 4) is 11.6 Å². The topological polar surface area (TPSA) is 91.0 Å². The van der Waals surface area contributed by atoms with Crippen molar-refractivity contribution in [2.45, 2.75) is 0 Å². The second-order valence-corrected chi connectivity index (χ2v) is 4.83. The Labute approximate surface area is 126 Å². The lowest BCUT2D eigenvalue weighted by Crippen LogP contribution is -1.94. The molecule has 1 aromatic carbocycles. The molecule has 3 rings (SSSR count). The third kappa shape index (κ3) is 2.65. The number of pyridine rings is 1. The SMILES string of the molecule is O=[N+]([O-])c1ccc(Oc2cc(Br)ncn2)c2cccnc12. The standard InChI is InChI=1S/C13H7BrN4O3/c14-11-6-12(17-7-16-11)21-10-4-3-9(18(19)20)13-8(10)2-1-5-15-13/h1-7H. The molecule has 0 aliphatic rings. The van der Waals surface area contributed by atoms with Crippen LogP contribution in [0.2, 0.25) is 0 Å². The molecule has 0 unspecified atom stereocenters. The van der Waals surface area contributed by atoms with Crippen molar-refractivity contribution in [3.05, 3.63) is 57.6 Å². The Morgan fingerprint density at radius 3 is 2.81 bits per heavy atom. The summed E-state index contributed by atoms with van der Waals surface area (Å²) in [6, 6.07) is 7.89. The highest BCUT2D eigenvalue weighted by atomic mass is 79.9. The lowest BCUT2D eigenvalue weighted by molar-refractivity contribution is -0.383. The first kappa shape index (κ1) is 13.4. The second kappa shape index (κ2) is 5.41. The molecular formula is C13H7BrN4O3. The molecule has 3 aromatic rings. The molecule has 21 heavy (non-hydrogen) atoms. The highest BCUT2D eigenvalue weighted by Crippen LogP contribution is 2.33. The largest absolute Gasteiger partial charge is 0.438 e. The maximum Gasteiger partial charge on any atom is 0.295 e.